The number of alkyl halides is 2. The van der Waals surface area contributed by atoms with Crippen molar-refractivity contribution in [2.75, 3.05) is 18.4 Å². The lowest BCUT2D eigenvalue weighted by Gasteiger charge is -2.37. The average Bonchev–Trinajstić information content (AvgIpc) is 4.06. The molecule has 1 aromatic heterocycles. The van der Waals surface area contributed by atoms with E-state index in [1.165, 1.54) is 27.9 Å². The molecule has 2 atom stereocenters. The maximum atomic E-state index is 16.0. The van der Waals surface area contributed by atoms with Crippen LogP contribution in [0.3, 0.4) is 0 Å². The molecule has 2 aromatic rings. The van der Waals surface area contributed by atoms with Crippen molar-refractivity contribution in [2.24, 2.45) is 21.7 Å². The molecule has 7 rings (SSSR count). The van der Waals surface area contributed by atoms with E-state index in [9.17, 15) is 28.0 Å². The minimum Gasteiger partial charge on any atom is -0.444 e. The van der Waals surface area contributed by atoms with Gasteiger partial charge in [-0.2, -0.15) is 5.10 Å². The van der Waals surface area contributed by atoms with E-state index < -0.39 is 58.0 Å². The van der Waals surface area contributed by atoms with E-state index in [1.54, 1.807) is 32.9 Å². The second-order valence-electron chi connectivity index (χ2n) is 17.0. The van der Waals surface area contributed by atoms with Gasteiger partial charge in [-0.05, 0) is 115 Å². The van der Waals surface area contributed by atoms with Gasteiger partial charge in [0.25, 0.3) is 17.7 Å². The number of aryl methyl sites for hydroxylation is 1. The summed E-state index contributed by atoms with van der Waals surface area (Å²) in [4.78, 5) is 60.3. The number of amides is 4. The summed E-state index contributed by atoms with van der Waals surface area (Å²) in [5.74, 6) is -5.40. The number of aliphatic imine (C=N–C) groups is 1. The fourth-order valence-corrected chi connectivity index (χ4v) is 8.69. The lowest BCUT2D eigenvalue weighted by atomic mass is 9.76. The molecule has 0 unspecified atom stereocenters. The smallest absolute Gasteiger partial charge is 0.408 e. The summed E-state index contributed by atoms with van der Waals surface area (Å²) in [6.07, 6.45) is 7.34. The zero-order valence-corrected chi connectivity index (χ0v) is 30.9. The number of nitrogens with zero attached hydrogens (tertiary/aromatic N) is 4. The quantitative estimate of drug-likeness (QED) is 0.272. The third kappa shape index (κ3) is 7.34. The predicted molar refractivity (Wildman–Crippen MR) is 190 cm³/mol. The molecule has 1 aromatic carbocycles. The molecule has 0 bridgehead atoms. The summed E-state index contributed by atoms with van der Waals surface area (Å²) in [6.45, 7) is 7.66. The number of ether oxygens (including phenoxy) is 1. The van der Waals surface area contributed by atoms with Gasteiger partial charge in [-0.15, -0.1) is 0 Å². The monoisotopic (exact) mass is 738 g/mol. The summed E-state index contributed by atoms with van der Waals surface area (Å²) in [6, 6.07) is 4.74. The highest BCUT2D eigenvalue weighted by molar-refractivity contribution is 6.45. The fraction of sp³-hybridized carbons (Fsp3) is 0.641. The predicted octanol–water partition coefficient (Wildman–Crippen LogP) is 6.81. The van der Waals surface area contributed by atoms with Gasteiger partial charge in [0, 0.05) is 49.0 Å². The standard InChI is InChI=1S/C39H49F3N6O5/c1-5-48-28(10-18-43-48)31(49)45-29(24-7-6-11-36(22-24)12-13-36)32(50)44-27-9-8-25(21-26(27)40)38(14-15-38)30(46-34(52)53-35(2,3)4)33(51)47-19-16-37(17-20-47)23-39(37,41)42/h8-10,18,21,24,30H,5-7,11-17,19-20,22-23H2,1-4H3,(H,44,50)(H,46,52)/t24-,30-/m0/s1. The van der Waals surface area contributed by atoms with Gasteiger partial charge in [-0.1, -0.05) is 12.5 Å². The topological polar surface area (TPSA) is 135 Å². The van der Waals surface area contributed by atoms with Gasteiger partial charge in [0.15, 0.2) is 0 Å². The largest absolute Gasteiger partial charge is 0.444 e. The van der Waals surface area contributed by atoms with Gasteiger partial charge in [0.1, 0.15) is 28.9 Å². The molecule has 11 nitrogen and oxygen atoms in total. The Kier molecular flexibility index (Phi) is 9.28. The van der Waals surface area contributed by atoms with Crippen LogP contribution < -0.4 is 10.6 Å². The highest BCUT2D eigenvalue weighted by atomic mass is 19.3. The second kappa shape index (κ2) is 13.3. The van der Waals surface area contributed by atoms with Gasteiger partial charge in [0.2, 0.25) is 5.91 Å². The van der Waals surface area contributed by atoms with Crippen LogP contribution in [0.15, 0.2) is 35.5 Å². The number of anilines is 1. The number of alkyl carbamates (subject to hydrolysis) is 1. The number of carbonyl (C=O) groups excluding carboxylic acids is 4. The Hall–Kier alpha value is -4.23. The number of halogens is 3. The first kappa shape index (κ1) is 37.1. The molecule has 1 aliphatic heterocycles. The van der Waals surface area contributed by atoms with Gasteiger partial charge < -0.3 is 20.3 Å². The van der Waals surface area contributed by atoms with Gasteiger partial charge in [0.05, 0.1) is 5.69 Å². The van der Waals surface area contributed by atoms with E-state index >= 15 is 4.39 Å². The normalized spacial score (nSPS) is 23.9. The third-order valence-corrected chi connectivity index (χ3v) is 12.3. The lowest BCUT2D eigenvalue weighted by molar-refractivity contribution is -0.136. The van der Waals surface area contributed by atoms with Crippen LogP contribution in [0.5, 0.6) is 0 Å². The van der Waals surface area contributed by atoms with Crippen LogP contribution in [0.25, 0.3) is 0 Å². The van der Waals surface area contributed by atoms with E-state index in [0.29, 0.717) is 31.4 Å². The van der Waals surface area contributed by atoms with Crippen LogP contribution in [-0.4, -0.2) is 74.9 Å². The number of hydrogen-bond donors (Lipinski definition) is 2. The SMILES string of the molecule is CCn1nccc1C(=O)N=C(C(=O)Nc1ccc(C2([C@@H](NC(=O)OC(C)(C)C)C(=O)N3CCC4(CC3)CC4(F)F)CC2)cc1F)[C@H]1CCCC2(CC2)C1. The Morgan fingerprint density at radius 3 is 2.32 bits per heavy atom. The van der Waals surface area contributed by atoms with E-state index in [1.807, 2.05) is 6.92 Å². The summed E-state index contributed by atoms with van der Waals surface area (Å²) >= 11 is 0. The van der Waals surface area contributed by atoms with Gasteiger partial charge in [-0.3, -0.25) is 19.1 Å². The lowest BCUT2D eigenvalue weighted by Crippen LogP contribution is -2.56. The van der Waals surface area contributed by atoms with Crippen LogP contribution in [-0.2, 0) is 26.3 Å². The van der Waals surface area contributed by atoms with Crippen molar-refractivity contribution in [3.05, 3.63) is 47.5 Å². The molecule has 2 heterocycles. The number of piperidine rings is 1. The van der Waals surface area contributed by atoms with Gasteiger partial charge >= 0.3 is 6.09 Å². The molecule has 1 saturated heterocycles. The first-order chi connectivity index (χ1) is 25.0. The van der Waals surface area contributed by atoms with Crippen LogP contribution >= 0.6 is 0 Å². The number of rotatable bonds is 9. The maximum absolute atomic E-state index is 16.0. The van der Waals surface area contributed by atoms with Crippen molar-refractivity contribution in [3.8, 4) is 0 Å². The Balaban J connectivity index is 1.12. The Morgan fingerprint density at radius 1 is 1.04 bits per heavy atom. The Bertz CT molecular complexity index is 1830. The van der Waals surface area contributed by atoms with Crippen molar-refractivity contribution >= 4 is 35.2 Å². The number of aromatic nitrogens is 2. The molecular formula is C39H49F3N6O5. The number of likely N-dealkylation sites (tertiary alicyclic amines) is 1. The van der Waals surface area contributed by atoms with Crippen molar-refractivity contribution < 1.29 is 37.1 Å². The van der Waals surface area contributed by atoms with Crippen molar-refractivity contribution in [1.29, 1.82) is 0 Å². The van der Waals surface area contributed by atoms with Crippen molar-refractivity contribution in [3.63, 3.8) is 0 Å². The van der Waals surface area contributed by atoms with Crippen molar-refractivity contribution in [1.82, 2.24) is 20.0 Å². The van der Waals surface area contributed by atoms with E-state index in [0.717, 1.165) is 32.1 Å². The molecule has 4 amide bonds. The number of nitrogens with one attached hydrogen (secondary N) is 2. The third-order valence-electron chi connectivity index (χ3n) is 12.3. The van der Waals surface area contributed by atoms with Crippen molar-refractivity contribution in [2.45, 2.75) is 128 Å². The average molecular weight is 739 g/mol. The van der Waals surface area contributed by atoms with E-state index in [2.05, 4.69) is 20.7 Å². The summed E-state index contributed by atoms with van der Waals surface area (Å²) in [5.41, 5.74) is -2.04. The first-order valence-corrected chi connectivity index (χ1v) is 18.9. The number of hydrogen-bond acceptors (Lipinski definition) is 6. The Morgan fingerprint density at radius 2 is 1.74 bits per heavy atom. The van der Waals surface area contributed by atoms with E-state index in [-0.39, 0.29) is 60.8 Å². The highest BCUT2D eigenvalue weighted by Gasteiger charge is 2.71. The molecule has 5 fully saturated rings. The summed E-state index contributed by atoms with van der Waals surface area (Å²) in [5, 5.41) is 9.57. The molecule has 0 radical (unpaired) electrons. The molecule has 2 N–H and O–H groups in total. The molecule has 286 valence electrons. The van der Waals surface area contributed by atoms with Crippen LogP contribution in [0.2, 0.25) is 0 Å². The minimum atomic E-state index is -2.72. The summed E-state index contributed by atoms with van der Waals surface area (Å²) in [7, 11) is 0. The van der Waals surface area contributed by atoms with Crippen LogP contribution in [0.4, 0.5) is 23.7 Å². The molecule has 14 heteroatoms. The molecule has 53 heavy (non-hydrogen) atoms. The fourth-order valence-electron chi connectivity index (χ4n) is 8.69. The zero-order valence-electron chi connectivity index (χ0n) is 30.9. The Labute approximate surface area is 307 Å². The molecular weight excluding hydrogens is 689 g/mol. The number of benzene rings is 1. The zero-order chi connectivity index (χ0) is 38.0. The highest BCUT2D eigenvalue weighted by Crippen LogP contribution is 2.66. The molecule has 4 saturated carbocycles. The van der Waals surface area contributed by atoms with Crippen LogP contribution in [0.1, 0.15) is 114 Å². The first-order valence-electron chi connectivity index (χ1n) is 18.9. The number of carbonyl (C=O) groups is 4. The second-order valence-corrected chi connectivity index (χ2v) is 17.0. The molecule has 4 aliphatic carbocycles. The summed E-state index contributed by atoms with van der Waals surface area (Å²) < 4.78 is 51.3. The van der Waals surface area contributed by atoms with Crippen LogP contribution in [0, 0.1) is 22.6 Å². The van der Waals surface area contributed by atoms with E-state index in [4.69, 9.17) is 4.74 Å². The van der Waals surface area contributed by atoms with Gasteiger partial charge in [-0.25, -0.2) is 23.0 Å². The molecule has 5 aliphatic rings. The molecule has 2 spiro atoms. The minimum absolute atomic E-state index is 0.0754. The maximum Gasteiger partial charge on any atom is 0.408 e.